The average Bonchev–Trinajstić information content (AvgIpc) is 2.29. The molecular formula is C11H12F2O4. The first-order chi connectivity index (χ1) is 8.06. The van der Waals surface area contributed by atoms with Gasteiger partial charge in [-0.15, -0.1) is 0 Å². The van der Waals surface area contributed by atoms with E-state index in [2.05, 4.69) is 0 Å². The molecule has 0 bridgehead atoms. The van der Waals surface area contributed by atoms with Gasteiger partial charge in [-0.1, -0.05) is 18.2 Å². The van der Waals surface area contributed by atoms with E-state index in [0.717, 1.165) is 6.07 Å². The molecule has 0 aliphatic rings. The van der Waals surface area contributed by atoms with Crippen molar-refractivity contribution >= 4 is 5.97 Å². The first-order valence-corrected chi connectivity index (χ1v) is 4.89. The minimum absolute atomic E-state index is 0.128. The summed E-state index contributed by atoms with van der Waals surface area (Å²) in [5, 5.41) is 17.4. The highest BCUT2D eigenvalue weighted by Gasteiger charge is 2.21. The van der Waals surface area contributed by atoms with Crippen LogP contribution < -0.4 is 0 Å². The van der Waals surface area contributed by atoms with Crippen molar-refractivity contribution in [2.45, 2.75) is 12.5 Å². The Morgan fingerprint density at radius 1 is 1.35 bits per heavy atom. The molecule has 0 radical (unpaired) electrons. The number of aliphatic hydroxyl groups is 1. The van der Waals surface area contributed by atoms with Gasteiger partial charge < -0.3 is 14.9 Å². The van der Waals surface area contributed by atoms with Gasteiger partial charge in [0.1, 0.15) is 0 Å². The monoisotopic (exact) mass is 246 g/mol. The zero-order chi connectivity index (χ0) is 12.8. The number of hydrogen-bond donors (Lipinski definition) is 2. The number of rotatable bonds is 6. The fourth-order valence-corrected chi connectivity index (χ4v) is 1.34. The van der Waals surface area contributed by atoms with Crippen molar-refractivity contribution in [1.82, 2.24) is 0 Å². The first kappa shape index (κ1) is 13.5. The molecule has 17 heavy (non-hydrogen) atoms. The molecule has 0 saturated heterocycles. The van der Waals surface area contributed by atoms with Gasteiger partial charge in [-0.25, -0.2) is 13.6 Å². The molecule has 0 aliphatic heterocycles. The van der Waals surface area contributed by atoms with Crippen molar-refractivity contribution in [2.75, 3.05) is 13.2 Å². The molecule has 0 heterocycles. The van der Waals surface area contributed by atoms with Crippen LogP contribution in [0, 0.1) is 0 Å². The van der Waals surface area contributed by atoms with Crippen LogP contribution in [0.5, 0.6) is 0 Å². The van der Waals surface area contributed by atoms with Crippen LogP contribution in [0.15, 0.2) is 24.3 Å². The molecule has 6 heteroatoms. The number of aliphatic hydroxyl groups excluding tert-OH is 1. The van der Waals surface area contributed by atoms with Crippen molar-refractivity contribution in [1.29, 1.82) is 0 Å². The zero-order valence-electron chi connectivity index (χ0n) is 8.85. The van der Waals surface area contributed by atoms with Crippen molar-refractivity contribution in [3.8, 4) is 0 Å². The number of carbonyl (C=O) groups is 1. The van der Waals surface area contributed by atoms with E-state index in [1.165, 1.54) is 18.2 Å². The summed E-state index contributed by atoms with van der Waals surface area (Å²) in [4.78, 5) is 10.9. The van der Waals surface area contributed by atoms with Crippen LogP contribution in [0.4, 0.5) is 8.78 Å². The van der Waals surface area contributed by atoms with Gasteiger partial charge in [0.25, 0.3) is 6.43 Å². The minimum atomic E-state index is -2.66. The van der Waals surface area contributed by atoms with E-state index >= 15 is 0 Å². The van der Waals surface area contributed by atoms with Gasteiger partial charge in [0.05, 0.1) is 13.2 Å². The highest BCUT2D eigenvalue weighted by atomic mass is 19.3. The number of aliphatic carboxylic acids is 1. The molecule has 1 aromatic carbocycles. The summed E-state index contributed by atoms with van der Waals surface area (Å²) in [5.41, 5.74) is -0.134. The fourth-order valence-electron chi connectivity index (χ4n) is 1.34. The molecule has 0 spiro atoms. The number of alkyl halides is 2. The summed E-state index contributed by atoms with van der Waals surface area (Å²) in [5.74, 6) is -1.29. The fraction of sp³-hybridized carbons (Fsp3) is 0.364. The minimum Gasteiger partial charge on any atom is -0.479 e. The summed E-state index contributed by atoms with van der Waals surface area (Å²) in [6.07, 6.45) is -4.01. The lowest BCUT2D eigenvalue weighted by atomic mass is 10.1. The number of carboxylic acid groups (broad SMARTS) is 1. The molecule has 0 amide bonds. The van der Waals surface area contributed by atoms with Crippen molar-refractivity contribution in [3.63, 3.8) is 0 Å². The van der Waals surface area contributed by atoms with Crippen LogP contribution in [0.1, 0.15) is 23.7 Å². The summed E-state index contributed by atoms with van der Waals surface area (Å²) < 4.78 is 29.7. The number of benzene rings is 1. The lowest BCUT2D eigenvalue weighted by Gasteiger charge is -2.14. The highest BCUT2D eigenvalue weighted by Crippen LogP contribution is 2.24. The number of ether oxygens (including phenoxy) is 1. The highest BCUT2D eigenvalue weighted by molar-refractivity contribution is 5.74. The molecule has 4 nitrogen and oxygen atoms in total. The Kier molecular flexibility index (Phi) is 4.99. The molecule has 1 atom stereocenters. The maximum atomic E-state index is 12.4. The molecule has 0 fully saturated rings. The molecule has 0 aliphatic carbocycles. The largest absolute Gasteiger partial charge is 0.479 e. The van der Waals surface area contributed by atoms with Crippen LogP contribution in [0.25, 0.3) is 0 Å². The van der Waals surface area contributed by atoms with Crippen molar-refractivity contribution < 1.29 is 28.5 Å². The van der Waals surface area contributed by atoms with E-state index in [9.17, 15) is 13.6 Å². The topological polar surface area (TPSA) is 66.8 Å². The average molecular weight is 246 g/mol. The smallest absolute Gasteiger partial charge is 0.337 e. The van der Waals surface area contributed by atoms with Crippen LogP contribution in [-0.4, -0.2) is 29.4 Å². The molecule has 1 unspecified atom stereocenters. The van der Waals surface area contributed by atoms with Crippen LogP contribution in [0.2, 0.25) is 0 Å². The summed E-state index contributed by atoms with van der Waals surface area (Å²) in [6.45, 7) is -0.506. The Morgan fingerprint density at radius 2 is 2.00 bits per heavy atom. The van der Waals surface area contributed by atoms with Crippen LogP contribution >= 0.6 is 0 Å². The maximum absolute atomic E-state index is 12.4. The molecule has 0 aromatic heterocycles. The van der Waals surface area contributed by atoms with Gasteiger partial charge in [-0.05, 0) is 11.6 Å². The lowest BCUT2D eigenvalue weighted by Crippen LogP contribution is -2.17. The summed E-state index contributed by atoms with van der Waals surface area (Å²) in [7, 11) is 0. The first-order valence-electron chi connectivity index (χ1n) is 4.89. The lowest BCUT2D eigenvalue weighted by molar-refractivity contribution is -0.151. The molecule has 0 saturated carbocycles. The Morgan fingerprint density at radius 3 is 2.53 bits per heavy atom. The summed E-state index contributed by atoms with van der Waals surface area (Å²) >= 11 is 0. The van der Waals surface area contributed by atoms with Gasteiger partial charge in [-0.3, -0.25) is 0 Å². The van der Waals surface area contributed by atoms with Gasteiger partial charge in [-0.2, -0.15) is 0 Å². The number of carboxylic acids is 1. The third kappa shape index (κ3) is 3.76. The third-order valence-electron chi connectivity index (χ3n) is 2.07. The van der Waals surface area contributed by atoms with Gasteiger partial charge in [0, 0.05) is 5.56 Å². The molecule has 2 N–H and O–H groups in total. The summed E-state index contributed by atoms with van der Waals surface area (Å²) in [6, 6.07) is 5.02. The predicted octanol–water partition coefficient (Wildman–Crippen LogP) is 1.76. The Hall–Kier alpha value is -1.53. The van der Waals surface area contributed by atoms with Crippen LogP contribution in [0.3, 0.4) is 0 Å². The third-order valence-corrected chi connectivity index (χ3v) is 2.07. The van der Waals surface area contributed by atoms with Gasteiger partial charge in [0.2, 0.25) is 0 Å². The van der Waals surface area contributed by atoms with Crippen LogP contribution in [-0.2, 0) is 9.53 Å². The maximum Gasteiger partial charge on any atom is 0.337 e. The van der Waals surface area contributed by atoms with Crippen molar-refractivity contribution in [2.24, 2.45) is 0 Å². The number of halogens is 2. The molecule has 1 aromatic rings. The second-order valence-electron chi connectivity index (χ2n) is 3.28. The number of hydrogen-bond acceptors (Lipinski definition) is 3. The quantitative estimate of drug-likeness (QED) is 0.802. The van der Waals surface area contributed by atoms with E-state index in [4.69, 9.17) is 14.9 Å². The predicted molar refractivity (Wildman–Crippen MR) is 54.8 cm³/mol. The normalized spacial score (nSPS) is 12.7. The van der Waals surface area contributed by atoms with E-state index in [-0.39, 0.29) is 24.3 Å². The van der Waals surface area contributed by atoms with E-state index < -0.39 is 18.5 Å². The van der Waals surface area contributed by atoms with E-state index in [0.29, 0.717) is 0 Å². The van der Waals surface area contributed by atoms with Gasteiger partial charge >= 0.3 is 5.97 Å². The molecule has 1 rings (SSSR count). The zero-order valence-corrected chi connectivity index (χ0v) is 8.85. The van der Waals surface area contributed by atoms with Crippen molar-refractivity contribution in [3.05, 3.63) is 35.4 Å². The Labute approximate surface area is 96.5 Å². The Balaban J connectivity index is 2.93. The van der Waals surface area contributed by atoms with E-state index in [1.54, 1.807) is 0 Å². The van der Waals surface area contributed by atoms with E-state index in [1.807, 2.05) is 0 Å². The second kappa shape index (κ2) is 6.27. The second-order valence-corrected chi connectivity index (χ2v) is 3.28. The Bertz CT molecular complexity index is 381. The molecular weight excluding hydrogens is 234 g/mol. The van der Waals surface area contributed by atoms with Gasteiger partial charge in [0.15, 0.2) is 6.10 Å². The SMILES string of the molecule is O=C(O)C(OCCO)c1cccc(C(F)F)c1. The standard InChI is InChI=1S/C11H12F2O4/c12-10(13)8-3-1-2-7(6-8)9(11(15)16)17-5-4-14/h1-3,6,9-10,14H,4-5H2,(H,15,16). The molecule has 94 valence electrons.